The number of halogens is 1. The van der Waals surface area contributed by atoms with E-state index in [0.29, 0.717) is 0 Å². The Morgan fingerprint density at radius 2 is 0.667 bits per heavy atom. The molecule has 0 aromatic carbocycles. The summed E-state index contributed by atoms with van der Waals surface area (Å²) in [5, 5.41) is 0. The van der Waals surface area contributed by atoms with E-state index in [4.69, 9.17) is 8.83 Å². The predicted octanol–water partition coefficient (Wildman–Crippen LogP) is 3.61. The van der Waals surface area contributed by atoms with Gasteiger partial charge in [0, 0.05) is 0 Å². The van der Waals surface area contributed by atoms with Gasteiger partial charge in [0.2, 0.25) is 0 Å². The van der Waals surface area contributed by atoms with Gasteiger partial charge < -0.3 is 0 Å². The fourth-order valence-electron chi connectivity index (χ4n) is 2.91. The Morgan fingerprint density at radius 1 is 0.458 bits per heavy atom. The predicted molar refractivity (Wildman–Crippen MR) is 109 cm³/mol. The molecule has 0 aliphatic carbocycles. The number of fused-ring (bicyclic) bond motifs is 2. The Morgan fingerprint density at radius 3 is 0.833 bits per heavy atom. The Labute approximate surface area is 178 Å². The van der Waals surface area contributed by atoms with Crippen LogP contribution in [-0.4, -0.2) is 88.7 Å². The Bertz CT molecular complexity index is 438. The molecule has 3 rings (SSSR count). The Kier molecular flexibility index (Phi) is 6.51. The van der Waals surface area contributed by atoms with Crippen molar-refractivity contribution in [2.75, 3.05) is 0 Å². The van der Waals surface area contributed by atoms with Gasteiger partial charge in [-0.25, -0.2) is 0 Å². The second-order valence-electron chi connectivity index (χ2n) is 10.6. The van der Waals surface area contributed by atoms with Crippen molar-refractivity contribution in [3.8, 4) is 0 Å². The van der Waals surface area contributed by atoms with E-state index in [1.54, 1.807) is 0 Å². The molecular formula is C16H36ClN4Sb3. The van der Waals surface area contributed by atoms with Crippen LogP contribution in [0.25, 0.3) is 0 Å². The van der Waals surface area contributed by atoms with Crippen molar-refractivity contribution in [3.05, 3.63) is 0 Å². The third-order valence-electron chi connectivity index (χ3n) is 3.73. The van der Waals surface area contributed by atoms with E-state index in [-0.39, 0.29) is 22.2 Å². The van der Waals surface area contributed by atoms with Crippen molar-refractivity contribution in [2.45, 2.75) is 105 Å². The van der Waals surface area contributed by atoms with Crippen LogP contribution in [0.1, 0.15) is 83.1 Å². The monoisotopic (exact) mass is 682 g/mol. The summed E-state index contributed by atoms with van der Waals surface area (Å²) in [4.78, 5) is 0. The van der Waals surface area contributed by atoms with Crippen molar-refractivity contribution >= 4 is 70.5 Å². The maximum absolute atomic E-state index is 7.35. The summed E-state index contributed by atoms with van der Waals surface area (Å²) in [6.45, 7) is 28.8. The van der Waals surface area contributed by atoms with Gasteiger partial charge in [0.1, 0.15) is 0 Å². The zero-order valence-corrected chi connectivity index (χ0v) is 25.9. The molecule has 0 atom stereocenters. The molecule has 3 saturated heterocycles. The number of hydrogen-bond acceptors (Lipinski definition) is 4. The number of rotatable bonds is 0. The first-order valence-electron chi connectivity index (χ1n) is 8.66. The third-order valence-corrected chi connectivity index (χ3v) is 56.1. The second-order valence-corrected chi connectivity index (χ2v) is 37.4. The van der Waals surface area contributed by atoms with Crippen LogP contribution in [-0.2, 0) is 0 Å². The van der Waals surface area contributed by atoms with Gasteiger partial charge in [-0.15, -0.1) is 0 Å². The molecule has 3 aliphatic heterocycles. The SMILES string of the molecule is CC(C)(C)[N]1[Sb]([Cl])[N](C(C)(C)C)[Sb]2[N](C(C)(C)C)[Sb]1[N]2C(C)(C)C. The Hall–Kier alpha value is 2.58. The maximum atomic E-state index is 7.35. The second kappa shape index (κ2) is 6.83. The van der Waals surface area contributed by atoms with Gasteiger partial charge in [0.05, 0.1) is 0 Å². The fraction of sp³-hybridized carbons (Fsp3) is 1.00. The molecule has 0 saturated carbocycles. The van der Waals surface area contributed by atoms with Gasteiger partial charge in [0.25, 0.3) is 0 Å². The van der Waals surface area contributed by atoms with Gasteiger partial charge >= 0.3 is 181 Å². The van der Waals surface area contributed by atoms with E-state index >= 15 is 0 Å². The summed E-state index contributed by atoms with van der Waals surface area (Å²) >= 11 is -5.92. The normalized spacial score (nSPS) is 25.4. The average molecular weight is 685 g/mol. The van der Waals surface area contributed by atoms with E-state index in [9.17, 15) is 0 Å². The zero-order chi connectivity index (χ0) is 19.0. The molecule has 3 fully saturated rings. The zero-order valence-electron chi connectivity index (χ0n) is 17.5. The molecule has 4 nitrogen and oxygen atoms in total. The van der Waals surface area contributed by atoms with E-state index in [0.717, 1.165) is 0 Å². The van der Waals surface area contributed by atoms with Crippen LogP contribution < -0.4 is 0 Å². The van der Waals surface area contributed by atoms with Crippen LogP contribution >= 0.6 is 8.83 Å². The molecule has 3 heterocycles. The molecule has 0 unspecified atom stereocenters. The van der Waals surface area contributed by atoms with Gasteiger partial charge in [-0.1, -0.05) is 0 Å². The van der Waals surface area contributed by atoms with E-state index in [2.05, 4.69) is 88.0 Å². The molecule has 0 aromatic rings. The molecule has 24 heavy (non-hydrogen) atoms. The molecule has 8 heteroatoms. The van der Waals surface area contributed by atoms with Crippen LogP contribution in [0.5, 0.6) is 0 Å². The Balaban J connectivity index is 2.64. The molecular weight excluding hydrogens is 649 g/mol. The minimum absolute atomic E-state index is 0.164. The van der Waals surface area contributed by atoms with Gasteiger partial charge in [0.15, 0.2) is 0 Å². The van der Waals surface area contributed by atoms with E-state index in [1.165, 1.54) is 0 Å². The quantitative estimate of drug-likeness (QED) is 0.362. The van der Waals surface area contributed by atoms with Crippen molar-refractivity contribution < 1.29 is 0 Å². The molecule has 142 valence electrons. The first kappa shape index (κ1) is 22.9. The standard InChI is InChI=1S/4C4H9N.ClH.3Sb/c4*1-4(2,3)5;;;;/h4*1-3H3;1H;;;/q;;;;;;;+1/p-1. The molecule has 0 spiro atoms. The molecule has 0 N–H and O–H groups in total. The van der Waals surface area contributed by atoms with E-state index in [1.807, 2.05) is 0 Å². The molecule has 3 aliphatic rings. The first-order chi connectivity index (χ1) is 10.4. The summed E-state index contributed by atoms with van der Waals surface area (Å²) in [5.74, 6) is 0. The van der Waals surface area contributed by atoms with Crippen molar-refractivity contribution in [3.63, 3.8) is 0 Å². The van der Waals surface area contributed by atoms with Crippen LogP contribution in [0.15, 0.2) is 0 Å². The topological polar surface area (TPSA) is 13.0 Å². The van der Waals surface area contributed by atoms with Gasteiger partial charge in [-0.05, 0) is 0 Å². The molecule has 2 bridgehead atoms. The third kappa shape index (κ3) is 3.98. The summed E-state index contributed by atoms with van der Waals surface area (Å²) in [7, 11) is 7.35. The van der Waals surface area contributed by atoms with Crippen molar-refractivity contribution in [1.29, 1.82) is 0 Å². The van der Waals surface area contributed by atoms with Gasteiger partial charge in [-0.3, -0.25) is 0 Å². The van der Waals surface area contributed by atoms with Crippen molar-refractivity contribution in [1.82, 2.24) is 4.87 Å². The van der Waals surface area contributed by atoms with Crippen LogP contribution in [0, 0.1) is 0 Å². The van der Waals surface area contributed by atoms with E-state index < -0.39 is 61.7 Å². The summed E-state index contributed by atoms with van der Waals surface area (Å²) < 4.78 is 11.8. The summed E-state index contributed by atoms with van der Waals surface area (Å²) in [6.07, 6.45) is 0. The van der Waals surface area contributed by atoms with Crippen LogP contribution in [0.3, 0.4) is 0 Å². The first-order valence-corrected chi connectivity index (χ1v) is 21.0. The van der Waals surface area contributed by atoms with Crippen LogP contribution in [0.2, 0.25) is 0 Å². The average Bonchev–Trinajstić information content (AvgIpc) is 2.18. The fourth-order valence-corrected chi connectivity index (χ4v) is 75.8. The molecule has 0 aromatic heterocycles. The van der Waals surface area contributed by atoms with Gasteiger partial charge in [-0.2, -0.15) is 0 Å². The van der Waals surface area contributed by atoms with Crippen molar-refractivity contribution in [2.24, 2.45) is 0 Å². The number of hydrogen-bond donors (Lipinski definition) is 0. The summed E-state index contributed by atoms with van der Waals surface area (Å²) in [5.41, 5.74) is 0.853. The van der Waals surface area contributed by atoms with Crippen LogP contribution in [0.4, 0.5) is 0 Å². The molecule has 0 amide bonds. The molecule has 0 radical (unpaired) electrons. The number of nitrogens with zero attached hydrogens (tertiary/aromatic N) is 4. The minimum atomic E-state index is -2.11. The summed E-state index contributed by atoms with van der Waals surface area (Å²) in [6, 6.07) is 0.